The molecule has 1 aromatic rings. The van der Waals surface area contributed by atoms with Gasteiger partial charge in [-0.2, -0.15) is 0 Å². The average molecular weight is 505 g/mol. The van der Waals surface area contributed by atoms with Gasteiger partial charge in [-0.1, -0.05) is 122 Å². The topological polar surface area (TPSA) is 61.8 Å². The van der Waals surface area contributed by atoms with Crippen LogP contribution in [0, 0.1) is 0 Å². The average Bonchev–Trinajstić information content (AvgIpc) is 2.89. The summed E-state index contributed by atoms with van der Waals surface area (Å²) >= 11 is 0. The van der Waals surface area contributed by atoms with Gasteiger partial charge in [0.15, 0.2) is 0 Å². The molecule has 0 heterocycles. The van der Waals surface area contributed by atoms with Crippen LogP contribution >= 0.6 is 0 Å². The van der Waals surface area contributed by atoms with Crippen molar-refractivity contribution in [3.05, 3.63) is 29.8 Å². The molecule has 0 radical (unpaired) electrons. The van der Waals surface area contributed by atoms with Gasteiger partial charge in [-0.05, 0) is 25.0 Å². The lowest BCUT2D eigenvalue weighted by molar-refractivity contribution is -0.144. The molecule has 0 atom stereocenters. The second kappa shape index (κ2) is 23.4. The molecule has 0 saturated heterocycles. The molecule has 0 bridgehead atoms. The summed E-state index contributed by atoms with van der Waals surface area (Å²) in [6.45, 7) is 5.08. The molecule has 0 amide bonds. The fraction of sp³-hybridized carbons (Fsp3) is 0.742. The van der Waals surface area contributed by atoms with Gasteiger partial charge in [-0.25, -0.2) is 4.79 Å². The first-order chi connectivity index (χ1) is 17.7. The summed E-state index contributed by atoms with van der Waals surface area (Å²) in [5.41, 5.74) is 0.414. The van der Waals surface area contributed by atoms with Crippen molar-refractivity contribution in [1.82, 2.24) is 0 Å². The standard InChI is InChI=1S/C31H52O5/c1-3-5-7-8-9-10-11-12-13-14-15-16-17-21-25-34-29-23-20-19-22-28(29)31(33)36-27-26-35-30(32)24-18-6-4-2/h19-20,22-23H,3-18,21,24-27H2,1-2H3. The Morgan fingerprint density at radius 3 is 1.69 bits per heavy atom. The van der Waals surface area contributed by atoms with Crippen LogP contribution in [0.25, 0.3) is 0 Å². The highest BCUT2D eigenvalue weighted by Crippen LogP contribution is 2.20. The lowest BCUT2D eigenvalue weighted by Gasteiger charge is -2.11. The molecule has 5 heteroatoms. The number of carbonyl (C=O) groups is 2. The molecule has 0 aromatic heterocycles. The molecule has 1 rings (SSSR count). The summed E-state index contributed by atoms with van der Waals surface area (Å²) in [5, 5.41) is 0. The van der Waals surface area contributed by atoms with E-state index in [2.05, 4.69) is 13.8 Å². The first-order valence-electron chi connectivity index (χ1n) is 14.7. The molecule has 36 heavy (non-hydrogen) atoms. The van der Waals surface area contributed by atoms with Crippen LogP contribution in [0.15, 0.2) is 24.3 Å². The molecule has 206 valence electrons. The van der Waals surface area contributed by atoms with Crippen molar-refractivity contribution in [3.8, 4) is 5.75 Å². The fourth-order valence-corrected chi connectivity index (χ4v) is 4.20. The monoisotopic (exact) mass is 504 g/mol. The number of unbranched alkanes of at least 4 members (excludes halogenated alkanes) is 15. The number of hydrogen-bond donors (Lipinski definition) is 0. The predicted molar refractivity (Wildman–Crippen MR) is 148 cm³/mol. The lowest BCUT2D eigenvalue weighted by atomic mass is 10.0. The maximum Gasteiger partial charge on any atom is 0.342 e. The van der Waals surface area contributed by atoms with Crippen LogP contribution in [0.4, 0.5) is 0 Å². The minimum absolute atomic E-state index is 0.0473. The van der Waals surface area contributed by atoms with E-state index < -0.39 is 5.97 Å². The Bertz CT molecular complexity index is 673. The summed E-state index contributed by atoms with van der Waals surface area (Å²) in [5.74, 6) is -0.140. The minimum atomic E-state index is -0.450. The van der Waals surface area contributed by atoms with Gasteiger partial charge < -0.3 is 14.2 Å². The molecule has 0 aliphatic rings. The molecular formula is C31H52O5. The lowest BCUT2D eigenvalue weighted by Crippen LogP contribution is -2.15. The van der Waals surface area contributed by atoms with E-state index in [0.717, 1.165) is 32.1 Å². The van der Waals surface area contributed by atoms with Crippen LogP contribution < -0.4 is 4.74 Å². The maximum atomic E-state index is 12.4. The molecule has 0 aliphatic heterocycles. The summed E-state index contributed by atoms with van der Waals surface area (Å²) in [7, 11) is 0. The van der Waals surface area contributed by atoms with Crippen LogP contribution in [0.1, 0.15) is 140 Å². The normalized spacial score (nSPS) is 10.8. The Morgan fingerprint density at radius 2 is 1.08 bits per heavy atom. The van der Waals surface area contributed by atoms with E-state index in [9.17, 15) is 9.59 Å². The Morgan fingerprint density at radius 1 is 0.583 bits per heavy atom. The van der Waals surface area contributed by atoms with Gasteiger partial charge in [0, 0.05) is 6.42 Å². The summed E-state index contributed by atoms with van der Waals surface area (Å²) in [6.07, 6.45) is 21.8. The third kappa shape index (κ3) is 17.4. The maximum absolute atomic E-state index is 12.4. The first-order valence-corrected chi connectivity index (χ1v) is 14.7. The molecule has 0 aliphatic carbocycles. The Kier molecular flexibility index (Phi) is 20.8. The van der Waals surface area contributed by atoms with Gasteiger partial charge in [0.25, 0.3) is 0 Å². The second-order valence-electron chi connectivity index (χ2n) is 9.75. The number of para-hydroxylation sites is 1. The molecular weight excluding hydrogens is 452 g/mol. The number of esters is 2. The van der Waals surface area contributed by atoms with E-state index in [4.69, 9.17) is 14.2 Å². The van der Waals surface area contributed by atoms with E-state index in [1.807, 2.05) is 6.07 Å². The van der Waals surface area contributed by atoms with Gasteiger partial charge in [-0.15, -0.1) is 0 Å². The molecule has 0 unspecified atom stereocenters. The smallest absolute Gasteiger partial charge is 0.342 e. The van der Waals surface area contributed by atoms with Gasteiger partial charge in [-0.3, -0.25) is 4.79 Å². The van der Waals surface area contributed by atoms with Crippen LogP contribution in [-0.4, -0.2) is 31.8 Å². The molecule has 1 aromatic carbocycles. The number of ether oxygens (including phenoxy) is 3. The van der Waals surface area contributed by atoms with Crippen LogP contribution in [0.5, 0.6) is 5.75 Å². The zero-order valence-corrected chi connectivity index (χ0v) is 23.2. The van der Waals surface area contributed by atoms with E-state index in [0.29, 0.717) is 24.3 Å². The highest BCUT2D eigenvalue weighted by Gasteiger charge is 2.14. The minimum Gasteiger partial charge on any atom is -0.493 e. The zero-order chi connectivity index (χ0) is 26.1. The highest BCUT2D eigenvalue weighted by atomic mass is 16.6. The molecule has 0 saturated carbocycles. The number of benzene rings is 1. The number of carbonyl (C=O) groups excluding carboxylic acids is 2. The third-order valence-electron chi connectivity index (χ3n) is 6.43. The summed E-state index contributed by atoms with van der Waals surface area (Å²) in [6, 6.07) is 7.16. The van der Waals surface area contributed by atoms with Crippen LogP contribution in [0.3, 0.4) is 0 Å². The molecule has 0 N–H and O–H groups in total. The van der Waals surface area contributed by atoms with Crippen molar-refractivity contribution in [2.24, 2.45) is 0 Å². The second-order valence-corrected chi connectivity index (χ2v) is 9.75. The summed E-state index contributed by atoms with van der Waals surface area (Å²) in [4.78, 5) is 24.1. The Balaban J connectivity index is 2.07. The van der Waals surface area contributed by atoms with Gasteiger partial charge in [0.2, 0.25) is 0 Å². The van der Waals surface area contributed by atoms with Gasteiger partial charge in [0.1, 0.15) is 24.5 Å². The number of hydrogen-bond acceptors (Lipinski definition) is 5. The fourth-order valence-electron chi connectivity index (χ4n) is 4.20. The van der Waals surface area contributed by atoms with E-state index in [1.54, 1.807) is 18.2 Å². The third-order valence-corrected chi connectivity index (χ3v) is 6.43. The zero-order valence-electron chi connectivity index (χ0n) is 23.2. The van der Waals surface area contributed by atoms with Gasteiger partial charge >= 0.3 is 11.9 Å². The van der Waals surface area contributed by atoms with Crippen molar-refractivity contribution in [2.75, 3.05) is 19.8 Å². The largest absolute Gasteiger partial charge is 0.493 e. The Labute approximate surface area is 220 Å². The molecule has 5 nitrogen and oxygen atoms in total. The van der Waals surface area contributed by atoms with Crippen molar-refractivity contribution in [1.29, 1.82) is 0 Å². The van der Waals surface area contributed by atoms with Crippen molar-refractivity contribution >= 4 is 11.9 Å². The SMILES string of the molecule is CCCCCCCCCCCCCCCCOc1ccccc1C(=O)OCCOC(=O)CCCCC. The van der Waals surface area contributed by atoms with Crippen molar-refractivity contribution in [3.63, 3.8) is 0 Å². The van der Waals surface area contributed by atoms with Gasteiger partial charge in [0.05, 0.1) is 6.61 Å². The van der Waals surface area contributed by atoms with Crippen LogP contribution in [-0.2, 0) is 14.3 Å². The molecule has 0 fully saturated rings. The quantitative estimate of drug-likeness (QED) is 0.104. The van der Waals surface area contributed by atoms with Crippen molar-refractivity contribution < 1.29 is 23.8 Å². The van der Waals surface area contributed by atoms with E-state index in [1.165, 1.54) is 77.0 Å². The Hall–Kier alpha value is -2.04. The molecule has 0 spiro atoms. The summed E-state index contributed by atoms with van der Waals surface area (Å²) < 4.78 is 16.3. The number of rotatable bonds is 24. The van der Waals surface area contributed by atoms with Crippen LogP contribution in [0.2, 0.25) is 0 Å². The van der Waals surface area contributed by atoms with Crippen molar-refractivity contribution in [2.45, 2.75) is 129 Å². The highest BCUT2D eigenvalue weighted by molar-refractivity contribution is 5.92. The van der Waals surface area contributed by atoms with E-state index >= 15 is 0 Å². The first kappa shape index (κ1) is 32.0. The van der Waals surface area contributed by atoms with E-state index in [-0.39, 0.29) is 19.2 Å². The predicted octanol–water partition coefficient (Wildman–Crippen LogP) is 8.83.